The van der Waals surface area contributed by atoms with Crippen molar-refractivity contribution in [3.63, 3.8) is 0 Å². The highest BCUT2D eigenvalue weighted by Gasteiger charge is 2.46. The van der Waals surface area contributed by atoms with Gasteiger partial charge >= 0.3 is 5.97 Å². The molecule has 0 saturated carbocycles. The van der Waals surface area contributed by atoms with Crippen LogP contribution in [0.2, 0.25) is 0 Å². The van der Waals surface area contributed by atoms with Crippen LogP contribution < -0.4 is 4.74 Å². The van der Waals surface area contributed by atoms with Gasteiger partial charge in [0.05, 0.1) is 23.8 Å². The van der Waals surface area contributed by atoms with Gasteiger partial charge in [0.2, 0.25) is 0 Å². The summed E-state index contributed by atoms with van der Waals surface area (Å²) in [5, 5.41) is 20.7. The molecule has 3 aromatic carbocycles. The molecule has 7 heteroatoms. The quantitative estimate of drug-likeness (QED) is 0.254. The number of aliphatic hydroxyl groups excluding tert-OH is 1. The molecule has 0 bridgehead atoms. The molecule has 0 aliphatic carbocycles. The molecule has 2 aliphatic rings. The van der Waals surface area contributed by atoms with Crippen molar-refractivity contribution < 1.29 is 29.3 Å². The van der Waals surface area contributed by atoms with E-state index in [0.29, 0.717) is 23.3 Å². The van der Waals surface area contributed by atoms with Gasteiger partial charge in [0, 0.05) is 12.1 Å². The maximum Gasteiger partial charge on any atom is 0.335 e. The summed E-state index contributed by atoms with van der Waals surface area (Å²) in [5.74, 6) is -1.98. The molecule has 5 rings (SSSR count). The van der Waals surface area contributed by atoms with Crippen molar-refractivity contribution in [2.45, 2.75) is 51.6 Å². The second kappa shape index (κ2) is 10.1. The molecule has 1 unspecified atom stereocenters. The predicted molar refractivity (Wildman–Crippen MR) is 147 cm³/mol. The molecule has 2 aliphatic heterocycles. The first-order valence-electron chi connectivity index (χ1n) is 13.0. The van der Waals surface area contributed by atoms with Crippen LogP contribution in [0.3, 0.4) is 0 Å². The van der Waals surface area contributed by atoms with Gasteiger partial charge in [-0.15, -0.1) is 0 Å². The molecule has 3 aromatic rings. The van der Waals surface area contributed by atoms with Crippen molar-refractivity contribution in [3.05, 3.63) is 106 Å². The number of carboxylic acid groups (broad SMARTS) is 1. The fraction of sp³-hybridized carbons (Fsp3) is 0.281. The van der Waals surface area contributed by atoms with Gasteiger partial charge in [-0.05, 0) is 70.8 Å². The number of ether oxygens (including phenoxy) is 1. The SMILES string of the molecule is CC(C)(C)c1ccc(C2/C(=C(/O)c3ccc4c(c3)CCCO4)C(=O)C(=O)N2Cc2ccc(C(=O)O)cc2)cc1. The molecule has 1 amide bonds. The fourth-order valence-corrected chi connectivity index (χ4v) is 5.17. The largest absolute Gasteiger partial charge is 0.507 e. The Bertz CT molecular complexity index is 1480. The summed E-state index contributed by atoms with van der Waals surface area (Å²) < 4.78 is 5.69. The first kappa shape index (κ1) is 26.2. The number of fused-ring (bicyclic) bond motifs is 1. The monoisotopic (exact) mass is 525 g/mol. The zero-order valence-electron chi connectivity index (χ0n) is 22.2. The van der Waals surface area contributed by atoms with Crippen LogP contribution in [0.4, 0.5) is 0 Å². The molecule has 0 aromatic heterocycles. The second-order valence-electron chi connectivity index (χ2n) is 11.1. The molecule has 2 N–H and O–H groups in total. The Kier molecular flexibility index (Phi) is 6.76. The molecule has 200 valence electrons. The summed E-state index contributed by atoms with van der Waals surface area (Å²) in [5.41, 5.74) is 3.95. The van der Waals surface area contributed by atoms with Crippen LogP contribution in [0.5, 0.6) is 5.75 Å². The summed E-state index contributed by atoms with van der Waals surface area (Å²) in [6, 6.07) is 18.4. The zero-order chi connectivity index (χ0) is 27.9. The molecular formula is C32H31NO6. The lowest BCUT2D eigenvalue weighted by molar-refractivity contribution is -0.140. The van der Waals surface area contributed by atoms with Crippen molar-refractivity contribution in [1.82, 2.24) is 4.90 Å². The van der Waals surface area contributed by atoms with Gasteiger partial charge in [-0.2, -0.15) is 0 Å². The summed E-state index contributed by atoms with van der Waals surface area (Å²) in [7, 11) is 0. The number of benzene rings is 3. The van der Waals surface area contributed by atoms with E-state index in [0.717, 1.165) is 29.7 Å². The van der Waals surface area contributed by atoms with E-state index in [1.165, 1.54) is 17.0 Å². The number of ketones is 1. The zero-order valence-corrected chi connectivity index (χ0v) is 22.2. The number of nitrogens with zero attached hydrogens (tertiary/aromatic N) is 1. The lowest BCUT2D eigenvalue weighted by Crippen LogP contribution is -2.29. The summed E-state index contributed by atoms with van der Waals surface area (Å²) in [6.45, 7) is 7.03. The molecule has 0 radical (unpaired) electrons. The van der Waals surface area contributed by atoms with Crippen molar-refractivity contribution in [2.24, 2.45) is 0 Å². The van der Waals surface area contributed by atoms with Crippen LogP contribution in [0, 0.1) is 0 Å². The number of hydrogen-bond donors (Lipinski definition) is 2. The Morgan fingerprint density at radius 3 is 2.26 bits per heavy atom. The van der Waals surface area contributed by atoms with E-state index < -0.39 is 23.7 Å². The van der Waals surface area contributed by atoms with Crippen LogP contribution in [-0.2, 0) is 28.0 Å². The highest BCUT2D eigenvalue weighted by atomic mass is 16.5. The predicted octanol–water partition coefficient (Wildman–Crippen LogP) is 5.63. The average molecular weight is 526 g/mol. The second-order valence-corrected chi connectivity index (χ2v) is 11.1. The number of carboxylic acids is 1. The van der Waals surface area contributed by atoms with E-state index in [1.54, 1.807) is 24.3 Å². The van der Waals surface area contributed by atoms with Gasteiger partial charge in [0.15, 0.2) is 0 Å². The Labute approximate surface area is 227 Å². The molecule has 1 saturated heterocycles. The number of carbonyl (C=O) groups excluding carboxylic acids is 2. The minimum Gasteiger partial charge on any atom is -0.507 e. The fourth-order valence-electron chi connectivity index (χ4n) is 5.17. The van der Waals surface area contributed by atoms with E-state index in [1.807, 2.05) is 30.3 Å². The number of aromatic carboxylic acids is 1. The number of carbonyl (C=O) groups is 3. The lowest BCUT2D eigenvalue weighted by atomic mass is 9.85. The van der Waals surface area contributed by atoms with Gasteiger partial charge in [0.1, 0.15) is 11.5 Å². The molecule has 7 nitrogen and oxygen atoms in total. The maximum atomic E-state index is 13.5. The van der Waals surface area contributed by atoms with Gasteiger partial charge in [-0.25, -0.2) is 4.79 Å². The van der Waals surface area contributed by atoms with Crippen LogP contribution >= 0.6 is 0 Å². The normalized spacial score (nSPS) is 18.5. The minimum atomic E-state index is -1.05. The lowest BCUT2D eigenvalue weighted by Gasteiger charge is -2.27. The first-order chi connectivity index (χ1) is 18.5. The number of hydrogen-bond acceptors (Lipinski definition) is 5. The van der Waals surface area contributed by atoms with Gasteiger partial charge < -0.3 is 19.8 Å². The third kappa shape index (κ3) is 5.04. The number of aliphatic hydroxyl groups is 1. The maximum absolute atomic E-state index is 13.5. The molecule has 39 heavy (non-hydrogen) atoms. The van der Waals surface area contributed by atoms with E-state index in [9.17, 15) is 24.6 Å². The third-order valence-electron chi connectivity index (χ3n) is 7.37. The van der Waals surface area contributed by atoms with Crippen molar-refractivity contribution in [1.29, 1.82) is 0 Å². The summed E-state index contributed by atoms with van der Waals surface area (Å²) in [4.78, 5) is 39.6. The molecule has 2 heterocycles. The van der Waals surface area contributed by atoms with Crippen molar-refractivity contribution in [3.8, 4) is 5.75 Å². The number of amides is 1. The Hall–Kier alpha value is -4.39. The number of likely N-dealkylation sites (tertiary alicyclic amines) is 1. The smallest absolute Gasteiger partial charge is 0.335 e. The first-order valence-corrected chi connectivity index (χ1v) is 13.0. The highest BCUT2D eigenvalue weighted by Crippen LogP contribution is 2.41. The topological polar surface area (TPSA) is 104 Å². The van der Waals surface area contributed by atoms with Crippen molar-refractivity contribution in [2.75, 3.05) is 6.61 Å². The van der Waals surface area contributed by atoms with Crippen LogP contribution in [0.25, 0.3) is 5.76 Å². The third-order valence-corrected chi connectivity index (χ3v) is 7.37. The van der Waals surface area contributed by atoms with Gasteiger partial charge in [0.25, 0.3) is 11.7 Å². The Morgan fingerprint density at radius 2 is 1.62 bits per heavy atom. The highest BCUT2D eigenvalue weighted by molar-refractivity contribution is 6.46. The molecule has 1 atom stereocenters. The standard InChI is InChI=1S/C32H31NO6/c1-32(2,3)24-13-10-20(11-14-24)27-26(28(34)23-12-15-25-22(17-23)5-4-16-39-25)29(35)30(36)33(27)18-19-6-8-21(9-7-19)31(37)38/h6-15,17,27,34H,4-5,16,18H2,1-3H3,(H,37,38)/b28-26-. The Morgan fingerprint density at radius 1 is 0.949 bits per heavy atom. The Balaban J connectivity index is 1.60. The summed E-state index contributed by atoms with van der Waals surface area (Å²) in [6.07, 6.45) is 1.66. The minimum absolute atomic E-state index is 0.0299. The molecular weight excluding hydrogens is 494 g/mol. The van der Waals surface area contributed by atoms with E-state index in [4.69, 9.17) is 4.74 Å². The number of Topliss-reactive ketones (excluding diaryl/α,β-unsaturated/α-hetero) is 1. The van der Waals surface area contributed by atoms with E-state index >= 15 is 0 Å². The van der Waals surface area contributed by atoms with Gasteiger partial charge in [-0.1, -0.05) is 57.2 Å². The van der Waals surface area contributed by atoms with Crippen LogP contribution in [0.1, 0.15) is 71.4 Å². The van der Waals surface area contributed by atoms with E-state index in [2.05, 4.69) is 20.8 Å². The summed E-state index contributed by atoms with van der Waals surface area (Å²) >= 11 is 0. The molecule has 1 fully saturated rings. The van der Waals surface area contributed by atoms with Crippen LogP contribution in [-0.4, -0.2) is 39.4 Å². The van der Waals surface area contributed by atoms with E-state index in [-0.39, 0.29) is 28.9 Å². The number of aryl methyl sites for hydroxylation is 1. The number of rotatable bonds is 5. The average Bonchev–Trinajstić information content (AvgIpc) is 3.17. The van der Waals surface area contributed by atoms with Crippen LogP contribution in [0.15, 0.2) is 72.3 Å². The molecule has 0 spiro atoms. The van der Waals surface area contributed by atoms with Crippen molar-refractivity contribution >= 4 is 23.4 Å². The van der Waals surface area contributed by atoms with Gasteiger partial charge in [-0.3, -0.25) is 9.59 Å².